The third-order valence-corrected chi connectivity index (χ3v) is 5.96. The Morgan fingerprint density at radius 2 is 1.91 bits per heavy atom. The summed E-state index contributed by atoms with van der Waals surface area (Å²) in [5, 5.41) is 12.3. The normalized spacial score (nSPS) is 11.1. The minimum Gasteiger partial charge on any atom is -0.493 e. The first-order valence-corrected chi connectivity index (χ1v) is 12.0. The van der Waals surface area contributed by atoms with Gasteiger partial charge in [-0.2, -0.15) is 4.98 Å². The summed E-state index contributed by atoms with van der Waals surface area (Å²) in [6.45, 7) is 4.17. The maximum atomic E-state index is 6.14. The van der Waals surface area contributed by atoms with Gasteiger partial charge >= 0.3 is 0 Å². The summed E-state index contributed by atoms with van der Waals surface area (Å²) in [5.74, 6) is 2.70. The van der Waals surface area contributed by atoms with Gasteiger partial charge in [0.1, 0.15) is 12.1 Å². The van der Waals surface area contributed by atoms with E-state index in [2.05, 4.69) is 37.7 Å². The monoisotopic (exact) mass is 516 g/mol. The van der Waals surface area contributed by atoms with Crippen molar-refractivity contribution in [1.82, 2.24) is 25.4 Å². The molecule has 11 heteroatoms. The van der Waals surface area contributed by atoms with Crippen LogP contribution in [0.5, 0.6) is 11.5 Å². The third-order valence-electron chi connectivity index (χ3n) is 5.22. The van der Waals surface area contributed by atoms with Crippen LogP contribution in [0.15, 0.2) is 41.2 Å². The van der Waals surface area contributed by atoms with Crippen LogP contribution >= 0.6 is 23.2 Å². The van der Waals surface area contributed by atoms with E-state index in [1.807, 2.05) is 12.1 Å². The summed E-state index contributed by atoms with van der Waals surface area (Å²) in [6.07, 6.45) is 4.29. The van der Waals surface area contributed by atoms with Gasteiger partial charge in [0.25, 0.3) is 5.89 Å². The van der Waals surface area contributed by atoms with Crippen LogP contribution in [0, 0.1) is 0 Å². The number of ether oxygens (including phenoxy) is 2. The van der Waals surface area contributed by atoms with E-state index in [1.54, 1.807) is 25.3 Å². The highest BCUT2D eigenvalue weighted by Crippen LogP contribution is 2.35. The van der Waals surface area contributed by atoms with Crippen LogP contribution in [-0.4, -0.2) is 40.3 Å². The molecule has 184 valence electrons. The zero-order valence-electron chi connectivity index (χ0n) is 19.5. The van der Waals surface area contributed by atoms with Gasteiger partial charge < -0.3 is 24.6 Å². The first-order valence-electron chi connectivity index (χ1n) is 11.3. The molecule has 0 saturated heterocycles. The van der Waals surface area contributed by atoms with Crippen molar-refractivity contribution in [2.75, 3.05) is 25.5 Å². The molecule has 35 heavy (non-hydrogen) atoms. The van der Waals surface area contributed by atoms with Gasteiger partial charge in [0.2, 0.25) is 0 Å². The van der Waals surface area contributed by atoms with Gasteiger partial charge in [-0.1, -0.05) is 35.3 Å². The lowest BCUT2D eigenvalue weighted by Gasteiger charge is -2.13. The lowest BCUT2D eigenvalue weighted by molar-refractivity contribution is 0.233. The molecule has 4 aromatic rings. The lowest BCUT2D eigenvalue weighted by atomic mass is 10.2. The van der Waals surface area contributed by atoms with Gasteiger partial charge in [-0.05, 0) is 50.2 Å². The quantitative estimate of drug-likeness (QED) is 0.233. The average molecular weight is 517 g/mol. The summed E-state index contributed by atoms with van der Waals surface area (Å²) in [4.78, 5) is 13.2. The Morgan fingerprint density at radius 1 is 1.03 bits per heavy atom. The van der Waals surface area contributed by atoms with Gasteiger partial charge in [0, 0.05) is 23.6 Å². The number of halogens is 2. The number of anilines is 2. The van der Waals surface area contributed by atoms with E-state index in [0.29, 0.717) is 44.6 Å². The highest BCUT2D eigenvalue weighted by molar-refractivity contribution is 6.42. The highest BCUT2D eigenvalue weighted by atomic mass is 35.5. The van der Waals surface area contributed by atoms with E-state index in [9.17, 15) is 0 Å². The molecule has 0 bridgehead atoms. The van der Waals surface area contributed by atoms with E-state index in [4.69, 9.17) is 37.2 Å². The molecule has 4 rings (SSSR count). The molecule has 0 atom stereocenters. The number of nitrogens with one attached hydrogen (secondary N) is 2. The van der Waals surface area contributed by atoms with E-state index in [0.717, 1.165) is 43.4 Å². The molecule has 2 N–H and O–H groups in total. The van der Waals surface area contributed by atoms with Gasteiger partial charge in [-0.3, -0.25) is 0 Å². The number of rotatable bonds is 12. The van der Waals surface area contributed by atoms with E-state index >= 15 is 0 Å². The molecule has 0 aliphatic carbocycles. The van der Waals surface area contributed by atoms with Crippen molar-refractivity contribution in [1.29, 1.82) is 0 Å². The third kappa shape index (κ3) is 6.50. The van der Waals surface area contributed by atoms with Crippen LogP contribution in [0.2, 0.25) is 10.0 Å². The molecule has 2 aromatic heterocycles. The Bertz CT molecular complexity index is 1280. The Morgan fingerprint density at radius 3 is 2.71 bits per heavy atom. The van der Waals surface area contributed by atoms with Crippen molar-refractivity contribution in [3.63, 3.8) is 0 Å². The largest absolute Gasteiger partial charge is 0.493 e. The number of fused-ring (bicyclic) bond motifs is 1. The van der Waals surface area contributed by atoms with Crippen molar-refractivity contribution in [2.45, 2.75) is 32.8 Å². The van der Waals surface area contributed by atoms with Crippen LogP contribution in [-0.2, 0) is 13.0 Å². The maximum Gasteiger partial charge on any atom is 0.264 e. The zero-order chi connectivity index (χ0) is 24.6. The van der Waals surface area contributed by atoms with Crippen LogP contribution in [0.25, 0.3) is 10.9 Å². The summed E-state index contributed by atoms with van der Waals surface area (Å²) >= 11 is 12.2. The fraction of sp³-hybridized carbons (Fsp3) is 0.333. The smallest absolute Gasteiger partial charge is 0.264 e. The number of methoxy groups -OCH3 is 1. The van der Waals surface area contributed by atoms with Crippen molar-refractivity contribution in [2.24, 2.45) is 0 Å². The van der Waals surface area contributed by atoms with Gasteiger partial charge in [0.05, 0.1) is 22.7 Å². The molecule has 0 aliphatic heterocycles. The predicted octanol–water partition coefficient (Wildman–Crippen LogP) is 5.58. The number of aryl methyl sites for hydroxylation is 1. The molecule has 0 saturated carbocycles. The summed E-state index contributed by atoms with van der Waals surface area (Å²) < 4.78 is 16.8. The molecule has 2 heterocycles. The Labute approximate surface area is 213 Å². The highest BCUT2D eigenvalue weighted by Gasteiger charge is 2.14. The van der Waals surface area contributed by atoms with Gasteiger partial charge in [0.15, 0.2) is 23.9 Å². The molecule has 0 unspecified atom stereocenters. The number of hydrogen-bond acceptors (Lipinski definition) is 9. The molecule has 0 aliphatic rings. The number of unbranched alkanes of at least 4 members (excludes halogenated alkanes) is 1. The molecule has 0 amide bonds. The average Bonchev–Trinajstić information content (AvgIpc) is 3.32. The minimum absolute atomic E-state index is 0.117. The Balaban J connectivity index is 1.46. The first-order chi connectivity index (χ1) is 17.1. The Hall–Kier alpha value is -3.14. The summed E-state index contributed by atoms with van der Waals surface area (Å²) in [5.41, 5.74) is 1.41. The molecule has 2 aromatic carbocycles. The number of aromatic nitrogens is 4. The zero-order valence-corrected chi connectivity index (χ0v) is 21.0. The first kappa shape index (κ1) is 25.0. The fourth-order valence-electron chi connectivity index (χ4n) is 3.45. The van der Waals surface area contributed by atoms with Gasteiger partial charge in [-0.15, -0.1) is 0 Å². The number of benzene rings is 2. The number of nitrogens with zero attached hydrogens (tertiary/aromatic N) is 4. The molecule has 9 nitrogen and oxygen atoms in total. The second kappa shape index (κ2) is 12.0. The Kier molecular flexibility index (Phi) is 8.57. The molecule has 0 radical (unpaired) electrons. The topological polar surface area (TPSA) is 107 Å². The second-order valence-electron chi connectivity index (χ2n) is 7.70. The summed E-state index contributed by atoms with van der Waals surface area (Å²) in [7, 11) is 1.57. The maximum absolute atomic E-state index is 6.14. The van der Waals surface area contributed by atoms with Crippen LogP contribution in [0.1, 0.15) is 31.5 Å². The van der Waals surface area contributed by atoms with E-state index in [-0.39, 0.29) is 6.61 Å². The van der Waals surface area contributed by atoms with Crippen LogP contribution in [0.3, 0.4) is 0 Å². The number of hydrogen-bond donors (Lipinski definition) is 2. The standard InChI is InChI=1S/C24H26Cl2N6O3/c1-3-27-9-5-4-6-22-31-23(35-32-22)13-34-21-12-19-16(11-20(21)33-2)24(29-14-28-19)30-15-7-8-17(25)18(26)10-15/h7-8,10-12,14,27H,3-6,9,13H2,1-2H3,(H,28,29,30). The lowest BCUT2D eigenvalue weighted by Crippen LogP contribution is -2.14. The van der Waals surface area contributed by atoms with Crippen molar-refractivity contribution >= 4 is 45.6 Å². The summed E-state index contributed by atoms with van der Waals surface area (Å²) in [6, 6.07) is 8.86. The van der Waals surface area contributed by atoms with E-state index in [1.165, 1.54) is 6.33 Å². The second-order valence-corrected chi connectivity index (χ2v) is 8.51. The molecule has 0 fully saturated rings. The molecule has 0 spiro atoms. The fourth-order valence-corrected chi connectivity index (χ4v) is 3.74. The molecular formula is C24H26Cl2N6O3. The van der Waals surface area contributed by atoms with Crippen molar-refractivity contribution in [3.05, 3.63) is 58.4 Å². The van der Waals surface area contributed by atoms with Crippen LogP contribution < -0.4 is 20.1 Å². The SMILES string of the molecule is CCNCCCCc1noc(COc2cc3ncnc(Nc4ccc(Cl)c(Cl)c4)c3cc2OC)n1. The van der Waals surface area contributed by atoms with Crippen molar-refractivity contribution < 1.29 is 14.0 Å². The predicted molar refractivity (Wildman–Crippen MR) is 136 cm³/mol. The van der Waals surface area contributed by atoms with E-state index < -0.39 is 0 Å². The molecular weight excluding hydrogens is 491 g/mol. The van der Waals surface area contributed by atoms with Gasteiger partial charge in [-0.25, -0.2) is 9.97 Å². The minimum atomic E-state index is 0.117. The van der Waals surface area contributed by atoms with Crippen molar-refractivity contribution in [3.8, 4) is 11.5 Å². The van der Waals surface area contributed by atoms with Crippen LogP contribution in [0.4, 0.5) is 11.5 Å².